The van der Waals surface area contributed by atoms with Crippen LogP contribution in [0.25, 0.3) is 0 Å². The number of amides is 2. The molecule has 6 nitrogen and oxygen atoms in total. The van der Waals surface area contributed by atoms with Crippen LogP contribution in [-0.4, -0.2) is 47.7 Å². The molecule has 1 saturated carbocycles. The number of hydrogen-bond donors (Lipinski definition) is 3. The van der Waals surface area contributed by atoms with Crippen molar-refractivity contribution in [3.63, 3.8) is 0 Å². The fourth-order valence-electron chi connectivity index (χ4n) is 3.55. The van der Waals surface area contributed by atoms with Gasteiger partial charge < -0.3 is 15.2 Å². The first kappa shape index (κ1) is 20.8. The lowest BCUT2D eigenvalue weighted by molar-refractivity contribution is -0.135. The molecule has 154 valence electrons. The van der Waals surface area contributed by atoms with Crippen molar-refractivity contribution in [1.29, 1.82) is 0 Å². The molecule has 28 heavy (non-hydrogen) atoms. The summed E-state index contributed by atoms with van der Waals surface area (Å²) in [6, 6.07) is 4.47. The Balaban J connectivity index is 1.63. The average molecular weight is 418 g/mol. The minimum absolute atomic E-state index is 0.00827. The number of anilines is 1. The molecule has 1 heterocycles. The van der Waals surface area contributed by atoms with E-state index in [-0.39, 0.29) is 30.8 Å². The molecule has 1 saturated heterocycles. The predicted molar refractivity (Wildman–Crippen MR) is 98.2 cm³/mol. The van der Waals surface area contributed by atoms with Gasteiger partial charge in [0.05, 0.1) is 24.9 Å². The number of rotatable bonds is 5. The van der Waals surface area contributed by atoms with Crippen molar-refractivity contribution in [3.8, 4) is 0 Å². The van der Waals surface area contributed by atoms with Gasteiger partial charge in [0.15, 0.2) is 0 Å². The van der Waals surface area contributed by atoms with E-state index in [9.17, 15) is 27.9 Å². The molecule has 3 rings (SSSR count). The smallest absolute Gasteiger partial charge is 0.414 e. The summed E-state index contributed by atoms with van der Waals surface area (Å²) in [5.41, 5.74) is 0.832. The molecule has 2 aliphatic rings. The van der Waals surface area contributed by atoms with Gasteiger partial charge in [-0.2, -0.15) is 8.78 Å². The highest BCUT2D eigenvalue weighted by molar-refractivity contribution is 7.82. The fourth-order valence-corrected chi connectivity index (χ4v) is 3.63. The van der Waals surface area contributed by atoms with E-state index >= 15 is 0 Å². The number of nitrogens with one attached hydrogen (secondary N) is 1. The van der Waals surface area contributed by atoms with Crippen LogP contribution < -0.4 is 10.2 Å². The van der Waals surface area contributed by atoms with E-state index < -0.39 is 29.2 Å². The quantitative estimate of drug-likeness (QED) is 0.643. The van der Waals surface area contributed by atoms with Gasteiger partial charge in [-0.1, -0.05) is 18.7 Å². The Bertz CT molecular complexity index is 751. The Morgan fingerprint density at radius 3 is 2.61 bits per heavy atom. The summed E-state index contributed by atoms with van der Waals surface area (Å²) in [5, 5.41) is 7.72. The zero-order valence-corrected chi connectivity index (χ0v) is 15.8. The van der Waals surface area contributed by atoms with Crippen molar-refractivity contribution in [2.24, 2.45) is 0 Å². The number of ether oxygens (including phenoxy) is 1. The molecular weight excluding hydrogens is 397 g/mol. The van der Waals surface area contributed by atoms with Gasteiger partial charge in [0.25, 0.3) is 0 Å². The molecular formula is C18H21F3N2O4S. The van der Waals surface area contributed by atoms with E-state index in [0.717, 1.165) is 0 Å². The minimum atomic E-state index is -3.82. The van der Waals surface area contributed by atoms with Crippen molar-refractivity contribution in [2.75, 3.05) is 18.0 Å². The fraction of sp³-hybridized carbons (Fsp3) is 0.556. The highest BCUT2D eigenvalue weighted by atomic mass is 32.1. The molecule has 1 aromatic carbocycles. The summed E-state index contributed by atoms with van der Waals surface area (Å²) in [5.74, 6) is -2.01. The summed E-state index contributed by atoms with van der Waals surface area (Å²) in [6.07, 6.45) is 0.727. The maximum absolute atomic E-state index is 14.6. The van der Waals surface area contributed by atoms with E-state index in [1.807, 2.05) is 5.32 Å². The van der Waals surface area contributed by atoms with Gasteiger partial charge in [-0.15, -0.1) is 0 Å². The first-order valence-corrected chi connectivity index (χ1v) is 9.44. The first-order chi connectivity index (χ1) is 13.1. The van der Waals surface area contributed by atoms with Crippen LogP contribution >= 0.6 is 12.6 Å². The molecule has 10 heteroatoms. The lowest BCUT2D eigenvalue weighted by atomic mass is 9.82. The van der Waals surface area contributed by atoms with Gasteiger partial charge in [-0.25, -0.2) is 9.18 Å². The van der Waals surface area contributed by atoms with Crippen molar-refractivity contribution in [2.45, 2.75) is 49.1 Å². The normalized spacial score (nSPS) is 25.5. The molecule has 0 aromatic heterocycles. The van der Waals surface area contributed by atoms with Crippen LogP contribution in [0.5, 0.6) is 0 Å². The van der Waals surface area contributed by atoms with Gasteiger partial charge in [0.2, 0.25) is 0 Å². The maximum Gasteiger partial charge on any atom is 0.414 e. The van der Waals surface area contributed by atoms with Crippen molar-refractivity contribution < 1.29 is 32.6 Å². The number of hydrogen-bond acceptors (Lipinski definition) is 5. The maximum atomic E-state index is 14.6. The third-order valence-corrected chi connectivity index (χ3v) is 5.27. The number of thiol groups is 1. The molecule has 1 atom stereocenters. The highest BCUT2D eigenvalue weighted by Crippen LogP contribution is 2.35. The van der Waals surface area contributed by atoms with Gasteiger partial charge in [0, 0.05) is 0 Å². The Hall–Kier alpha value is -1.94. The van der Waals surface area contributed by atoms with Crippen molar-refractivity contribution in [3.05, 3.63) is 29.6 Å². The van der Waals surface area contributed by atoms with Crippen LogP contribution in [0.15, 0.2) is 18.2 Å². The minimum Gasteiger partial charge on any atom is -0.442 e. The molecule has 2 fully saturated rings. The van der Waals surface area contributed by atoms with E-state index in [0.29, 0.717) is 31.2 Å². The lowest BCUT2D eigenvalue weighted by Gasteiger charge is -2.26. The molecule has 0 spiro atoms. The number of benzene rings is 1. The van der Waals surface area contributed by atoms with Crippen molar-refractivity contribution >= 4 is 30.3 Å². The second-order valence-corrected chi connectivity index (χ2v) is 7.64. The first-order valence-electron chi connectivity index (χ1n) is 8.99. The summed E-state index contributed by atoms with van der Waals surface area (Å²) in [7, 11) is 0. The Morgan fingerprint density at radius 1 is 1.32 bits per heavy atom. The molecule has 0 bridgehead atoms. The van der Waals surface area contributed by atoms with Gasteiger partial charge in [0.1, 0.15) is 11.9 Å². The van der Waals surface area contributed by atoms with Crippen LogP contribution in [-0.2, 0) is 9.53 Å². The SMILES string of the molecule is O=C1OC(CNC(=O)C(F)(F)S)CN1c1ccc(C2CCC(O)CC2)c(F)c1. The average Bonchev–Trinajstić information content (AvgIpc) is 3.00. The van der Waals surface area contributed by atoms with Gasteiger partial charge >= 0.3 is 17.3 Å². The predicted octanol–water partition coefficient (Wildman–Crippen LogP) is 2.81. The van der Waals surface area contributed by atoms with Crippen LogP contribution in [0.3, 0.4) is 0 Å². The van der Waals surface area contributed by atoms with Crippen molar-refractivity contribution in [1.82, 2.24) is 5.32 Å². The number of carbonyl (C=O) groups is 2. The standard InChI is InChI=1S/C18H21F3N2O4S/c19-15-7-11(3-6-14(15)10-1-4-12(24)5-2-10)23-9-13(27-17(23)26)8-22-16(25)18(20,21)28/h3,6-7,10,12-13,24,28H,1-2,4-5,8-9H2,(H,22,25). The van der Waals surface area contributed by atoms with Crippen LogP contribution in [0.2, 0.25) is 0 Å². The molecule has 0 radical (unpaired) electrons. The summed E-state index contributed by atoms with van der Waals surface area (Å²) >= 11 is 2.87. The van der Waals surface area contributed by atoms with Crippen LogP contribution in [0.4, 0.5) is 23.7 Å². The summed E-state index contributed by atoms with van der Waals surface area (Å²) < 4.78 is 45.1. The van der Waals surface area contributed by atoms with Crippen LogP contribution in [0, 0.1) is 5.82 Å². The molecule has 1 aliphatic heterocycles. The number of alkyl halides is 2. The third kappa shape index (κ3) is 4.72. The monoisotopic (exact) mass is 418 g/mol. The Kier molecular flexibility index (Phi) is 6.09. The summed E-state index contributed by atoms with van der Waals surface area (Å²) in [6.45, 7) is -0.312. The number of nitrogens with zero attached hydrogens (tertiary/aromatic N) is 1. The topological polar surface area (TPSA) is 78.9 Å². The van der Waals surface area contributed by atoms with Crippen LogP contribution in [0.1, 0.15) is 37.2 Å². The zero-order chi connectivity index (χ0) is 20.5. The summed E-state index contributed by atoms with van der Waals surface area (Å²) in [4.78, 5) is 24.4. The molecule has 1 aliphatic carbocycles. The van der Waals surface area contributed by atoms with E-state index in [2.05, 4.69) is 12.6 Å². The van der Waals surface area contributed by atoms with E-state index in [4.69, 9.17) is 4.74 Å². The number of halogens is 3. The molecule has 1 unspecified atom stereocenters. The molecule has 2 amide bonds. The number of aliphatic hydroxyl groups excluding tert-OH is 1. The largest absolute Gasteiger partial charge is 0.442 e. The van der Waals surface area contributed by atoms with E-state index in [1.54, 1.807) is 12.1 Å². The molecule has 1 aromatic rings. The number of carbonyl (C=O) groups excluding carboxylic acids is 2. The third-order valence-electron chi connectivity index (χ3n) is 5.07. The van der Waals surface area contributed by atoms with Gasteiger partial charge in [-0.3, -0.25) is 9.69 Å². The number of aliphatic hydroxyl groups is 1. The number of cyclic esters (lactones) is 1. The zero-order valence-electron chi connectivity index (χ0n) is 14.9. The van der Waals surface area contributed by atoms with Gasteiger partial charge in [-0.05, 0) is 49.3 Å². The highest BCUT2D eigenvalue weighted by Gasteiger charge is 2.37. The second-order valence-electron chi connectivity index (χ2n) is 7.08. The molecule has 2 N–H and O–H groups in total. The lowest BCUT2D eigenvalue weighted by Crippen LogP contribution is -2.41. The Labute approximate surface area is 165 Å². The van der Waals surface area contributed by atoms with E-state index in [1.165, 1.54) is 11.0 Å². The Morgan fingerprint density at radius 2 is 2.00 bits per heavy atom. The second kappa shape index (κ2) is 8.20.